The fourth-order valence-corrected chi connectivity index (χ4v) is 1.87. The Balaban J connectivity index is 2.50. The number of hydrogen-bond donors (Lipinski definition) is 0. The zero-order valence-electron chi connectivity index (χ0n) is 12.3. The van der Waals surface area contributed by atoms with Crippen molar-refractivity contribution in [3.63, 3.8) is 0 Å². The molecule has 0 bridgehead atoms. The van der Waals surface area contributed by atoms with Crippen molar-refractivity contribution in [3.8, 4) is 11.5 Å². The highest BCUT2D eigenvalue weighted by Gasteiger charge is 2.30. The van der Waals surface area contributed by atoms with Crippen LogP contribution in [0.4, 0.5) is 0 Å². The van der Waals surface area contributed by atoms with E-state index in [9.17, 15) is 4.79 Å². The first kappa shape index (κ1) is 14.3. The molecule has 0 aliphatic carbocycles. The molecule has 1 aromatic heterocycles. The number of aromatic nitrogens is 1. The molecule has 4 heteroatoms. The van der Waals surface area contributed by atoms with E-state index in [2.05, 4.69) is 4.98 Å². The summed E-state index contributed by atoms with van der Waals surface area (Å²) in [5.74, 6) is 0.553. The Kier molecular flexibility index (Phi) is 3.93. The van der Waals surface area contributed by atoms with Gasteiger partial charge in [-0.05, 0) is 19.1 Å². The molecule has 2 aromatic rings. The Morgan fingerprint density at radius 2 is 1.90 bits per heavy atom. The largest absolute Gasteiger partial charge is 0.461 e. The van der Waals surface area contributed by atoms with Crippen LogP contribution in [0.15, 0.2) is 34.7 Å². The van der Waals surface area contributed by atoms with Crippen LogP contribution in [0.1, 0.15) is 43.9 Å². The predicted octanol–water partition coefficient (Wildman–Crippen LogP) is 3.82. The predicted molar refractivity (Wildman–Crippen MR) is 76.6 cm³/mol. The molecule has 4 nitrogen and oxygen atoms in total. The number of esters is 1. The van der Waals surface area contributed by atoms with Gasteiger partial charge in [0.1, 0.15) is 5.76 Å². The van der Waals surface area contributed by atoms with Gasteiger partial charge in [-0.15, -0.1) is 0 Å². The van der Waals surface area contributed by atoms with E-state index in [-0.39, 0.29) is 11.1 Å². The molecule has 0 N–H and O–H groups in total. The first-order valence-electron chi connectivity index (χ1n) is 6.67. The van der Waals surface area contributed by atoms with Crippen molar-refractivity contribution >= 4 is 5.97 Å². The summed E-state index contributed by atoms with van der Waals surface area (Å²) >= 11 is 0. The fourth-order valence-electron chi connectivity index (χ4n) is 1.87. The summed E-state index contributed by atoms with van der Waals surface area (Å²) in [5.41, 5.74) is 0.786. The zero-order valence-corrected chi connectivity index (χ0v) is 12.3. The van der Waals surface area contributed by atoms with Gasteiger partial charge < -0.3 is 9.15 Å². The van der Waals surface area contributed by atoms with Crippen molar-refractivity contribution in [2.75, 3.05) is 6.61 Å². The lowest BCUT2D eigenvalue weighted by molar-refractivity contribution is 0.0515. The van der Waals surface area contributed by atoms with Crippen LogP contribution in [0.5, 0.6) is 0 Å². The molecule has 0 aliphatic rings. The zero-order chi connectivity index (χ0) is 14.8. The fraction of sp³-hybridized carbons (Fsp3) is 0.375. The Labute approximate surface area is 118 Å². The first-order chi connectivity index (χ1) is 9.43. The van der Waals surface area contributed by atoms with Crippen LogP contribution in [0.2, 0.25) is 0 Å². The van der Waals surface area contributed by atoms with Gasteiger partial charge in [0.15, 0.2) is 5.69 Å². The van der Waals surface area contributed by atoms with E-state index in [1.165, 1.54) is 0 Å². The maximum atomic E-state index is 12.0. The van der Waals surface area contributed by atoms with Gasteiger partial charge in [-0.1, -0.05) is 39.0 Å². The van der Waals surface area contributed by atoms with Crippen LogP contribution < -0.4 is 0 Å². The van der Waals surface area contributed by atoms with Crippen LogP contribution in [0, 0.1) is 0 Å². The van der Waals surface area contributed by atoms with E-state index in [0.717, 1.165) is 5.56 Å². The Morgan fingerprint density at radius 3 is 2.45 bits per heavy atom. The molecule has 106 valence electrons. The second-order valence-electron chi connectivity index (χ2n) is 5.53. The molecular weight excluding hydrogens is 254 g/mol. The summed E-state index contributed by atoms with van der Waals surface area (Å²) in [6.07, 6.45) is 0. The van der Waals surface area contributed by atoms with Crippen molar-refractivity contribution in [2.45, 2.75) is 33.1 Å². The van der Waals surface area contributed by atoms with Gasteiger partial charge in [0.25, 0.3) is 0 Å². The molecule has 0 amide bonds. The molecule has 0 unspecified atom stereocenters. The number of nitrogens with zero attached hydrogens (tertiary/aromatic N) is 1. The Bertz CT molecular complexity index is 594. The quantitative estimate of drug-likeness (QED) is 0.798. The number of benzene rings is 1. The minimum atomic E-state index is -0.441. The molecule has 1 aromatic carbocycles. The summed E-state index contributed by atoms with van der Waals surface area (Å²) in [5, 5.41) is 0. The van der Waals surface area contributed by atoms with Crippen molar-refractivity contribution < 1.29 is 13.9 Å². The van der Waals surface area contributed by atoms with Gasteiger partial charge in [-0.3, -0.25) is 0 Å². The molecule has 0 saturated heterocycles. The minimum Gasteiger partial charge on any atom is -0.461 e. The molecule has 20 heavy (non-hydrogen) atoms. The third kappa shape index (κ3) is 2.90. The van der Waals surface area contributed by atoms with Gasteiger partial charge in [0.2, 0.25) is 5.89 Å². The maximum absolute atomic E-state index is 12.0. The van der Waals surface area contributed by atoms with Gasteiger partial charge in [-0.25, -0.2) is 9.78 Å². The summed E-state index contributed by atoms with van der Waals surface area (Å²) < 4.78 is 10.9. The van der Waals surface area contributed by atoms with Crippen LogP contribution in [-0.2, 0) is 10.2 Å². The topological polar surface area (TPSA) is 52.3 Å². The molecule has 0 fully saturated rings. The molecule has 2 rings (SSSR count). The molecule has 0 spiro atoms. The van der Waals surface area contributed by atoms with Crippen LogP contribution in [-0.4, -0.2) is 17.6 Å². The van der Waals surface area contributed by atoms with Crippen molar-refractivity contribution in [3.05, 3.63) is 41.8 Å². The lowest BCUT2D eigenvalue weighted by Gasteiger charge is -2.15. The molecular formula is C16H19NO3. The van der Waals surface area contributed by atoms with Crippen molar-refractivity contribution in [1.29, 1.82) is 0 Å². The van der Waals surface area contributed by atoms with E-state index in [1.807, 2.05) is 51.1 Å². The second-order valence-corrected chi connectivity index (χ2v) is 5.53. The van der Waals surface area contributed by atoms with E-state index < -0.39 is 5.97 Å². The second kappa shape index (κ2) is 5.49. The number of oxazole rings is 1. The summed E-state index contributed by atoms with van der Waals surface area (Å²) in [6.45, 7) is 8.02. The van der Waals surface area contributed by atoms with Gasteiger partial charge in [-0.2, -0.15) is 0 Å². The Hall–Kier alpha value is -2.10. The maximum Gasteiger partial charge on any atom is 0.360 e. The average Bonchev–Trinajstić information content (AvgIpc) is 2.85. The highest BCUT2D eigenvalue weighted by Crippen LogP contribution is 2.31. The van der Waals surface area contributed by atoms with Gasteiger partial charge in [0, 0.05) is 11.0 Å². The van der Waals surface area contributed by atoms with Gasteiger partial charge in [0.05, 0.1) is 6.61 Å². The molecule has 0 radical (unpaired) electrons. The first-order valence-corrected chi connectivity index (χ1v) is 6.67. The van der Waals surface area contributed by atoms with Gasteiger partial charge >= 0.3 is 5.97 Å². The highest BCUT2D eigenvalue weighted by molar-refractivity contribution is 5.89. The standard InChI is InChI=1S/C16H19NO3/c1-5-19-15(18)12-13(16(2,3)4)20-14(17-12)11-9-7-6-8-10-11/h6-10H,5H2,1-4H3. The third-order valence-electron chi connectivity index (χ3n) is 2.80. The van der Waals surface area contributed by atoms with E-state index in [4.69, 9.17) is 9.15 Å². The number of rotatable bonds is 3. The number of ether oxygens (including phenoxy) is 1. The van der Waals surface area contributed by atoms with E-state index in [1.54, 1.807) is 6.92 Å². The van der Waals surface area contributed by atoms with Crippen LogP contribution in [0.25, 0.3) is 11.5 Å². The highest BCUT2D eigenvalue weighted by atomic mass is 16.5. The van der Waals surface area contributed by atoms with Crippen molar-refractivity contribution in [1.82, 2.24) is 4.98 Å². The number of carbonyl (C=O) groups is 1. The van der Waals surface area contributed by atoms with Crippen molar-refractivity contribution in [2.24, 2.45) is 0 Å². The number of carbonyl (C=O) groups excluding carboxylic acids is 1. The SMILES string of the molecule is CCOC(=O)c1nc(-c2ccccc2)oc1C(C)(C)C. The summed E-state index contributed by atoms with van der Waals surface area (Å²) in [6, 6.07) is 9.52. The third-order valence-corrected chi connectivity index (χ3v) is 2.80. The summed E-state index contributed by atoms with van der Waals surface area (Å²) in [4.78, 5) is 16.3. The Morgan fingerprint density at radius 1 is 1.25 bits per heavy atom. The van der Waals surface area contributed by atoms with Crippen LogP contribution in [0.3, 0.4) is 0 Å². The molecule has 0 atom stereocenters. The summed E-state index contributed by atoms with van der Waals surface area (Å²) in [7, 11) is 0. The smallest absolute Gasteiger partial charge is 0.360 e. The monoisotopic (exact) mass is 273 g/mol. The normalized spacial score (nSPS) is 11.4. The lowest BCUT2D eigenvalue weighted by Crippen LogP contribution is -2.17. The van der Waals surface area contributed by atoms with Crippen LogP contribution >= 0.6 is 0 Å². The van der Waals surface area contributed by atoms with E-state index >= 15 is 0 Å². The lowest BCUT2D eigenvalue weighted by atomic mass is 9.92. The molecule has 1 heterocycles. The molecule has 0 saturated carbocycles. The number of hydrogen-bond acceptors (Lipinski definition) is 4. The van der Waals surface area contributed by atoms with E-state index in [0.29, 0.717) is 18.3 Å². The molecule has 0 aliphatic heterocycles. The minimum absolute atomic E-state index is 0.262. The average molecular weight is 273 g/mol.